The Balaban J connectivity index is 2.37. The molecule has 14 heavy (non-hydrogen) atoms. The van der Waals surface area contributed by atoms with E-state index < -0.39 is 0 Å². The third kappa shape index (κ3) is 1.36. The van der Waals surface area contributed by atoms with E-state index in [9.17, 15) is 4.39 Å². The number of fused-ring (bicyclic) bond motifs is 1. The number of ether oxygens (including phenoxy) is 1. The lowest BCUT2D eigenvalue weighted by Crippen LogP contribution is -2.27. The van der Waals surface area contributed by atoms with Crippen LogP contribution < -0.4 is 10.2 Å². The summed E-state index contributed by atoms with van der Waals surface area (Å²) in [7, 11) is 1.53. The van der Waals surface area contributed by atoms with Crippen molar-refractivity contribution in [1.29, 1.82) is 0 Å². The maximum absolute atomic E-state index is 13.3. The topological polar surface area (TPSA) is 30.5 Å². The lowest BCUT2D eigenvalue weighted by molar-refractivity contribution is 0.0336. The maximum atomic E-state index is 13.3. The van der Waals surface area contributed by atoms with Gasteiger partial charge in [-0.15, -0.1) is 0 Å². The van der Waals surface area contributed by atoms with Gasteiger partial charge in [-0.05, 0) is 13.0 Å². The fourth-order valence-corrected chi connectivity index (χ4v) is 1.69. The first kappa shape index (κ1) is 9.43. The molecule has 0 aliphatic carbocycles. The van der Waals surface area contributed by atoms with E-state index in [1.54, 1.807) is 6.07 Å². The quantitative estimate of drug-likeness (QED) is 0.733. The van der Waals surface area contributed by atoms with Gasteiger partial charge < -0.3 is 9.57 Å². The zero-order chi connectivity index (χ0) is 10.1. The zero-order valence-corrected chi connectivity index (χ0v) is 8.08. The Bertz CT molecular complexity index is 343. The highest BCUT2D eigenvalue weighted by Crippen LogP contribution is 2.38. The van der Waals surface area contributed by atoms with Crippen molar-refractivity contribution in [3.63, 3.8) is 0 Å². The van der Waals surface area contributed by atoms with E-state index in [4.69, 9.17) is 9.57 Å². The van der Waals surface area contributed by atoms with Crippen molar-refractivity contribution in [2.45, 2.75) is 19.1 Å². The lowest BCUT2D eigenvalue weighted by atomic mass is 10.1. The number of para-hydroxylation sites is 1. The summed E-state index contributed by atoms with van der Waals surface area (Å²) >= 11 is 0. The molecule has 2 rings (SSSR count). The molecule has 1 aromatic rings. The van der Waals surface area contributed by atoms with Crippen molar-refractivity contribution in [3.8, 4) is 5.75 Å². The highest BCUT2D eigenvalue weighted by atomic mass is 19.1. The molecule has 0 radical (unpaired) electrons. The van der Waals surface area contributed by atoms with Crippen molar-refractivity contribution in [1.82, 2.24) is 5.48 Å². The summed E-state index contributed by atoms with van der Waals surface area (Å²) < 4.78 is 18.7. The van der Waals surface area contributed by atoms with Gasteiger partial charge in [-0.1, -0.05) is 12.1 Å². The van der Waals surface area contributed by atoms with Gasteiger partial charge in [-0.2, -0.15) is 5.48 Å². The number of hydrogen-bond acceptors (Lipinski definition) is 3. The van der Waals surface area contributed by atoms with E-state index in [0.717, 1.165) is 5.56 Å². The van der Waals surface area contributed by atoms with E-state index in [1.165, 1.54) is 13.2 Å². The second kappa shape index (κ2) is 3.55. The van der Waals surface area contributed by atoms with Gasteiger partial charge in [0.1, 0.15) is 6.10 Å². The van der Waals surface area contributed by atoms with Crippen molar-refractivity contribution in [2.24, 2.45) is 0 Å². The van der Waals surface area contributed by atoms with Crippen LogP contribution in [0.25, 0.3) is 0 Å². The molecule has 0 spiro atoms. The number of benzene rings is 1. The van der Waals surface area contributed by atoms with Gasteiger partial charge in [0, 0.05) is 5.56 Å². The molecular weight excluding hydrogens is 185 g/mol. The Hall–Kier alpha value is -1.13. The Morgan fingerprint density at radius 1 is 1.50 bits per heavy atom. The SMILES string of the molecule is CONC1c2cccc(F)c2OC1C. The molecule has 0 aromatic heterocycles. The second-order valence-electron chi connectivity index (χ2n) is 3.28. The molecule has 1 aliphatic rings. The summed E-state index contributed by atoms with van der Waals surface area (Å²) in [6.07, 6.45) is -0.123. The monoisotopic (exact) mass is 197 g/mol. The Labute approximate surface area is 81.8 Å². The van der Waals surface area contributed by atoms with E-state index in [0.29, 0.717) is 5.75 Å². The van der Waals surface area contributed by atoms with Gasteiger partial charge >= 0.3 is 0 Å². The minimum Gasteiger partial charge on any atom is -0.485 e. The molecule has 2 unspecified atom stereocenters. The molecule has 1 aliphatic heterocycles. The molecule has 1 N–H and O–H groups in total. The first-order valence-electron chi connectivity index (χ1n) is 4.47. The average Bonchev–Trinajstić information content (AvgIpc) is 2.47. The lowest BCUT2D eigenvalue weighted by Gasteiger charge is -2.14. The minimum atomic E-state index is -0.324. The van der Waals surface area contributed by atoms with Crippen molar-refractivity contribution in [3.05, 3.63) is 29.6 Å². The van der Waals surface area contributed by atoms with Crippen LogP contribution in [0.3, 0.4) is 0 Å². The Kier molecular flexibility index (Phi) is 2.39. The van der Waals surface area contributed by atoms with Crippen LogP contribution in [0, 0.1) is 5.82 Å². The molecule has 0 saturated carbocycles. The van der Waals surface area contributed by atoms with Crippen LogP contribution in [0.2, 0.25) is 0 Å². The molecule has 1 heterocycles. The second-order valence-corrected chi connectivity index (χ2v) is 3.28. The number of hydrogen-bond donors (Lipinski definition) is 1. The van der Waals surface area contributed by atoms with E-state index in [1.807, 2.05) is 13.0 Å². The normalized spacial score (nSPS) is 24.5. The third-order valence-corrected chi connectivity index (χ3v) is 2.35. The molecule has 76 valence electrons. The van der Waals surface area contributed by atoms with Crippen LogP contribution in [0.15, 0.2) is 18.2 Å². The molecule has 4 heteroatoms. The van der Waals surface area contributed by atoms with Crippen LogP contribution in [-0.2, 0) is 4.84 Å². The summed E-state index contributed by atoms with van der Waals surface area (Å²) in [5, 5.41) is 0. The Morgan fingerprint density at radius 2 is 2.29 bits per heavy atom. The number of nitrogens with one attached hydrogen (secondary N) is 1. The van der Waals surface area contributed by atoms with Crippen LogP contribution in [0.4, 0.5) is 4.39 Å². The smallest absolute Gasteiger partial charge is 0.165 e. The van der Waals surface area contributed by atoms with Crippen LogP contribution >= 0.6 is 0 Å². The van der Waals surface area contributed by atoms with Crippen LogP contribution in [0.5, 0.6) is 5.75 Å². The van der Waals surface area contributed by atoms with Crippen molar-refractivity contribution >= 4 is 0 Å². The predicted octanol–water partition coefficient (Wildman–Crippen LogP) is 1.80. The molecular formula is C10H12FNO2. The van der Waals surface area contributed by atoms with Gasteiger partial charge in [0.05, 0.1) is 13.2 Å². The van der Waals surface area contributed by atoms with Gasteiger partial charge in [0.25, 0.3) is 0 Å². The van der Waals surface area contributed by atoms with Gasteiger partial charge in [0.15, 0.2) is 11.6 Å². The molecule has 0 bridgehead atoms. The zero-order valence-electron chi connectivity index (χ0n) is 8.08. The average molecular weight is 197 g/mol. The third-order valence-electron chi connectivity index (χ3n) is 2.35. The number of hydroxylamine groups is 1. The molecule has 3 nitrogen and oxygen atoms in total. The maximum Gasteiger partial charge on any atom is 0.165 e. The fourth-order valence-electron chi connectivity index (χ4n) is 1.69. The highest BCUT2D eigenvalue weighted by molar-refractivity contribution is 5.41. The van der Waals surface area contributed by atoms with Crippen LogP contribution in [0.1, 0.15) is 18.5 Å². The van der Waals surface area contributed by atoms with E-state index in [2.05, 4.69) is 5.48 Å². The first-order chi connectivity index (χ1) is 6.74. The summed E-state index contributed by atoms with van der Waals surface area (Å²) in [6.45, 7) is 1.87. The predicted molar refractivity (Wildman–Crippen MR) is 49.4 cm³/mol. The molecule has 2 atom stereocenters. The Morgan fingerprint density at radius 3 is 3.00 bits per heavy atom. The summed E-state index contributed by atoms with van der Waals surface area (Å²) in [6, 6.07) is 4.78. The standard InChI is InChI=1S/C10H12FNO2/c1-6-9(12-13-2)7-4-3-5-8(11)10(7)14-6/h3-6,9,12H,1-2H3. The van der Waals surface area contributed by atoms with Gasteiger partial charge in [-0.3, -0.25) is 0 Å². The summed E-state index contributed by atoms with van der Waals surface area (Å²) in [4.78, 5) is 4.84. The fraction of sp³-hybridized carbons (Fsp3) is 0.400. The number of halogens is 1. The molecule has 0 saturated heterocycles. The van der Waals surface area contributed by atoms with Crippen molar-refractivity contribution < 1.29 is 14.0 Å². The largest absolute Gasteiger partial charge is 0.485 e. The molecule has 1 aromatic carbocycles. The van der Waals surface area contributed by atoms with E-state index >= 15 is 0 Å². The van der Waals surface area contributed by atoms with Gasteiger partial charge in [0.2, 0.25) is 0 Å². The molecule has 0 fully saturated rings. The molecule has 0 amide bonds. The first-order valence-corrected chi connectivity index (χ1v) is 4.47. The van der Waals surface area contributed by atoms with Crippen molar-refractivity contribution in [2.75, 3.05) is 7.11 Å². The summed E-state index contributed by atoms with van der Waals surface area (Å²) in [5.74, 6) is 0.00398. The number of rotatable bonds is 2. The minimum absolute atomic E-state index is 0.106. The van der Waals surface area contributed by atoms with Gasteiger partial charge in [-0.25, -0.2) is 4.39 Å². The summed E-state index contributed by atoms with van der Waals surface area (Å²) in [5.41, 5.74) is 3.59. The van der Waals surface area contributed by atoms with E-state index in [-0.39, 0.29) is 18.0 Å². The van der Waals surface area contributed by atoms with Crippen LogP contribution in [-0.4, -0.2) is 13.2 Å². The highest BCUT2D eigenvalue weighted by Gasteiger charge is 2.33.